The summed E-state index contributed by atoms with van der Waals surface area (Å²) in [7, 11) is 0. The molecule has 3 nitrogen and oxygen atoms in total. The van der Waals surface area contributed by atoms with Crippen LogP contribution in [0.2, 0.25) is 0 Å². The molecule has 3 heteroatoms. The summed E-state index contributed by atoms with van der Waals surface area (Å²) in [5.74, 6) is 0. The third-order valence-corrected chi connectivity index (χ3v) is 2.36. The number of nitrogens with zero attached hydrogens (tertiary/aromatic N) is 1. The van der Waals surface area contributed by atoms with Crippen LogP contribution in [0, 0.1) is 0 Å². The van der Waals surface area contributed by atoms with Gasteiger partial charge in [-0.15, -0.1) is 0 Å². The fraction of sp³-hybridized carbons (Fsp3) is 0.583. The van der Waals surface area contributed by atoms with Crippen LogP contribution < -0.4 is 5.73 Å². The minimum Gasteiger partial charge on any atom is -0.372 e. The first-order valence-corrected chi connectivity index (χ1v) is 5.60. The highest BCUT2D eigenvalue weighted by Crippen LogP contribution is 2.15. The van der Waals surface area contributed by atoms with Gasteiger partial charge in [0.05, 0.1) is 6.10 Å². The Labute approximate surface area is 91.7 Å². The Morgan fingerprint density at radius 3 is 2.67 bits per heavy atom. The number of unbranched alkanes of at least 4 members (excludes halogenated alkanes) is 2. The number of hydrogen-bond acceptors (Lipinski definition) is 3. The van der Waals surface area contributed by atoms with Crippen molar-refractivity contribution in [3.63, 3.8) is 0 Å². The van der Waals surface area contributed by atoms with Crippen LogP contribution in [0.1, 0.15) is 37.9 Å². The number of pyridine rings is 1. The molecule has 0 bridgehead atoms. The lowest BCUT2D eigenvalue weighted by Gasteiger charge is -2.15. The van der Waals surface area contributed by atoms with Gasteiger partial charge in [0.25, 0.3) is 0 Å². The first-order valence-electron chi connectivity index (χ1n) is 5.60. The van der Waals surface area contributed by atoms with Gasteiger partial charge in [-0.1, -0.05) is 19.8 Å². The van der Waals surface area contributed by atoms with Gasteiger partial charge in [0, 0.05) is 25.5 Å². The molecule has 0 radical (unpaired) electrons. The molecule has 0 spiro atoms. The van der Waals surface area contributed by atoms with E-state index in [-0.39, 0.29) is 6.10 Å². The summed E-state index contributed by atoms with van der Waals surface area (Å²) < 4.78 is 5.73. The number of aromatic nitrogens is 1. The fourth-order valence-corrected chi connectivity index (χ4v) is 1.46. The monoisotopic (exact) mass is 208 g/mol. The average molecular weight is 208 g/mol. The van der Waals surface area contributed by atoms with Gasteiger partial charge in [0.15, 0.2) is 0 Å². The fourth-order valence-electron chi connectivity index (χ4n) is 1.46. The molecular weight excluding hydrogens is 188 g/mol. The zero-order valence-electron chi connectivity index (χ0n) is 9.36. The number of hydrogen-bond donors (Lipinski definition) is 1. The minimum absolute atomic E-state index is 0.0184. The van der Waals surface area contributed by atoms with Crippen LogP contribution in [0.4, 0.5) is 0 Å². The molecule has 84 valence electrons. The van der Waals surface area contributed by atoms with E-state index >= 15 is 0 Å². The van der Waals surface area contributed by atoms with Gasteiger partial charge in [0.1, 0.15) is 0 Å². The molecule has 2 N–H and O–H groups in total. The Bertz CT molecular complexity index is 251. The van der Waals surface area contributed by atoms with E-state index in [0.717, 1.165) is 18.6 Å². The summed E-state index contributed by atoms with van der Waals surface area (Å²) in [5.41, 5.74) is 6.79. The molecule has 0 aromatic carbocycles. The molecule has 1 rings (SSSR count). The van der Waals surface area contributed by atoms with Crippen molar-refractivity contribution in [2.75, 3.05) is 13.2 Å². The molecule has 1 heterocycles. The second-order valence-corrected chi connectivity index (χ2v) is 3.58. The van der Waals surface area contributed by atoms with Crippen LogP contribution >= 0.6 is 0 Å². The lowest BCUT2D eigenvalue weighted by atomic mass is 10.1. The molecule has 15 heavy (non-hydrogen) atoms. The van der Waals surface area contributed by atoms with Crippen molar-refractivity contribution in [1.29, 1.82) is 0 Å². The van der Waals surface area contributed by atoms with E-state index in [1.165, 1.54) is 12.8 Å². The largest absolute Gasteiger partial charge is 0.372 e. The molecule has 0 aliphatic carbocycles. The topological polar surface area (TPSA) is 48.1 Å². The van der Waals surface area contributed by atoms with E-state index in [1.54, 1.807) is 12.4 Å². The smallest absolute Gasteiger partial charge is 0.0948 e. The number of ether oxygens (including phenoxy) is 1. The zero-order valence-corrected chi connectivity index (χ0v) is 9.36. The highest BCUT2D eigenvalue weighted by molar-refractivity contribution is 5.13. The molecular formula is C12H20N2O. The summed E-state index contributed by atoms with van der Waals surface area (Å²) in [6.07, 6.45) is 7.10. The zero-order chi connectivity index (χ0) is 10.9. The van der Waals surface area contributed by atoms with Gasteiger partial charge in [-0.2, -0.15) is 0 Å². The van der Waals surface area contributed by atoms with Gasteiger partial charge in [-0.3, -0.25) is 4.98 Å². The lowest BCUT2D eigenvalue weighted by Crippen LogP contribution is -2.16. The van der Waals surface area contributed by atoms with Gasteiger partial charge >= 0.3 is 0 Å². The van der Waals surface area contributed by atoms with Crippen molar-refractivity contribution in [2.45, 2.75) is 32.3 Å². The van der Waals surface area contributed by atoms with E-state index in [9.17, 15) is 0 Å². The molecule has 0 saturated carbocycles. The van der Waals surface area contributed by atoms with Crippen molar-refractivity contribution in [3.8, 4) is 0 Å². The minimum atomic E-state index is 0.0184. The molecule has 0 amide bonds. The second kappa shape index (κ2) is 7.37. The Balaban J connectivity index is 2.36. The molecule has 0 fully saturated rings. The van der Waals surface area contributed by atoms with Crippen LogP contribution in [0.15, 0.2) is 24.5 Å². The number of nitrogens with two attached hydrogens (primary N) is 1. The molecule has 0 aliphatic heterocycles. The van der Waals surface area contributed by atoms with Crippen molar-refractivity contribution in [1.82, 2.24) is 4.98 Å². The van der Waals surface area contributed by atoms with E-state index in [4.69, 9.17) is 10.5 Å². The van der Waals surface area contributed by atoms with Crippen LogP contribution in [0.25, 0.3) is 0 Å². The lowest BCUT2D eigenvalue weighted by molar-refractivity contribution is 0.0559. The van der Waals surface area contributed by atoms with Gasteiger partial charge in [-0.05, 0) is 24.1 Å². The van der Waals surface area contributed by atoms with Crippen molar-refractivity contribution >= 4 is 0 Å². The van der Waals surface area contributed by atoms with Gasteiger partial charge in [0.2, 0.25) is 0 Å². The Kier molecular flexibility index (Phi) is 5.97. The van der Waals surface area contributed by atoms with E-state index in [2.05, 4.69) is 11.9 Å². The Morgan fingerprint density at radius 1 is 1.33 bits per heavy atom. The summed E-state index contributed by atoms with van der Waals surface area (Å²) in [4.78, 5) is 3.98. The van der Waals surface area contributed by atoms with E-state index in [0.29, 0.717) is 6.54 Å². The van der Waals surface area contributed by atoms with Crippen molar-refractivity contribution in [3.05, 3.63) is 30.1 Å². The molecule has 0 saturated heterocycles. The second-order valence-electron chi connectivity index (χ2n) is 3.58. The van der Waals surface area contributed by atoms with E-state index < -0.39 is 0 Å². The predicted octanol–water partition coefficient (Wildman–Crippen LogP) is 2.29. The van der Waals surface area contributed by atoms with Crippen LogP contribution in [-0.4, -0.2) is 18.1 Å². The Hall–Kier alpha value is -0.930. The standard InChI is InChI=1S/C12H20N2O/c1-2-3-4-9-15-12(10-13)11-5-7-14-8-6-11/h5-8,12H,2-4,9-10,13H2,1H3. The SMILES string of the molecule is CCCCCOC(CN)c1ccncc1. The van der Waals surface area contributed by atoms with Crippen LogP contribution in [0.3, 0.4) is 0 Å². The Morgan fingerprint density at radius 2 is 2.07 bits per heavy atom. The molecule has 1 aromatic heterocycles. The van der Waals surface area contributed by atoms with Gasteiger partial charge < -0.3 is 10.5 Å². The third kappa shape index (κ3) is 4.40. The quantitative estimate of drug-likeness (QED) is 0.699. The van der Waals surface area contributed by atoms with Crippen LogP contribution in [0.5, 0.6) is 0 Å². The van der Waals surface area contributed by atoms with Crippen molar-refractivity contribution in [2.24, 2.45) is 5.73 Å². The first kappa shape index (κ1) is 12.1. The van der Waals surface area contributed by atoms with Gasteiger partial charge in [-0.25, -0.2) is 0 Å². The maximum atomic E-state index is 5.73. The summed E-state index contributed by atoms with van der Waals surface area (Å²) in [5, 5.41) is 0. The molecule has 1 aromatic rings. The highest BCUT2D eigenvalue weighted by atomic mass is 16.5. The molecule has 1 unspecified atom stereocenters. The first-order chi connectivity index (χ1) is 7.38. The molecule has 0 aliphatic rings. The summed E-state index contributed by atoms with van der Waals surface area (Å²) in [6, 6.07) is 3.91. The maximum Gasteiger partial charge on any atom is 0.0948 e. The normalized spacial score (nSPS) is 12.7. The third-order valence-electron chi connectivity index (χ3n) is 2.36. The number of rotatable bonds is 7. The summed E-state index contributed by atoms with van der Waals surface area (Å²) >= 11 is 0. The van der Waals surface area contributed by atoms with E-state index in [1.807, 2.05) is 12.1 Å². The average Bonchev–Trinajstić information content (AvgIpc) is 2.30. The predicted molar refractivity (Wildman–Crippen MR) is 61.5 cm³/mol. The summed E-state index contributed by atoms with van der Waals surface area (Å²) in [6.45, 7) is 3.50. The van der Waals surface area contributed by atoms with Crippen LogP contribution in [-0.2, 0) is 4.74 Å². The highest BCUT2D eigenvalue weighted by Gasteiger charge is 2.08. The van der Waals surface area contributed by atoms with Crippen molar-refractivity contribution < 1.29 is 4.74 Å². The molecule has 1 atom stereocenters. The maximum absolute atomic E-state index is 5.73.